The lowest BCUT2D eigenvalue weighted by molar-refractivity contribution is -0.139. The van der Waals surface area contributed by atoms with Gasteiger partial charge >= 0.3 is 5.97 Å². The van der Waals surface area contributed by atoms with Crippen molar-refractivity contribution in [1.82, 2.24) is 5.32 Å². The summed E-state index contributed by atoms with van der Waals surface area (Å²) in [6, 6.07) is -0.528. The standard InChI is InChI=1S/C15H30N2O3/c1-6-10(4)14(16)15(20)17-8-12(7-13(18)19)11(5)9(2)3/h9-12,14H,6-8,16H2,1-5H3,(H,17,20)(H,18,19)/t10?,11?,12?,14-/m0/s1. The van der Waals surface area contributed by atoms with Crippen molar-refractivity contribution in [1.29, 1.82) is 0 Å². The molecule has 0 spiro atoms. The van der Waals surface area contributed by atoms with Gasteiger partial charge in [0.2, 0.25) is 5.91 Å². The van der Waals surface area contributed by atoms with Gasteiger partial charge < -0.3 is 16.2 Å². The smallest absolute Gasteiger partial charge is 0.303 e. The molecule has 0 saturated heterocycles. The van der Waals surface area contributed by atoms with Crippen molar-refractivity contribution in [2.24, 2.45) is 29.4 Å². The Morgan fingerprint density at radius 1 is 1.20 bits per heavy atom. The van der Waals surface area contributed by atoms with Crippen LogP contribution in [0.2, 0.25) is 0 Å². The van der Waals surface area contributed by atoms with Gasteiger partial charge in [-0.2, -0.15) is 0 Å². The maximum Gasteiger partial charge on any atom is 0.303 e. The van der Waals surface area contributed by atoms with Crippen molar-refractivity contribution >= 4 is 11.9 Å². The lowest BCUT2D eigenvalue weighted by atomic mass is 9.83. The van der Waals surface area contributed by atoms with Crippen molar-refractivity contribution in [3.63, 3.8) is 0 Å². The number of carboxylic acid groups (broad SMARTS) is 1. The second-order valence-corrected chi connectivity index (χ2v) is 6.12. The van der Waals surface area contributed by atoms with E-state index in [4.69, 9.17) is 10.8 Å². The zero-order chi connectivity index (χ0) is 15.9. The second-order valence-electron chi connectivity index (χ2n) is 6.12. The Morgan fingerprint density at radius 2 is 1.75 bits per heavy atom. The monoisotopic (exact) mass is 286 g/mol. The zero-order valence-corrected chi connectivity index (χ0v) is 13.3. The van der Waals surface area contributed by atoms with E-state index in [1.54, 1.807) is 0 Å². The van der Waals surface area contributed by atoms with E-state index in [1.165, 1.54) is 0 Å². The van der Waals surface area contributed by atoms with E-state index in [-0.39, 0.29) is 30.1 Å². The minimum Gasteiger partial charge on any atom is -0.481 e. The van der Waals surface area contributed by atoms with Gasteiger partial charge in [0.25, 0.3) is 0 Å². The van der Waals surface area contributed by atoms with Gasteiger partial charge in [0, 0.05) is 6.54 Å². The molecule has 0 saturated carbocycles. The van der Waals surface area contributed by atoms with Gasteiger partial charge in [-0.25, -0.2) is 0 Å². The Balaban J connectivity index is 4.53. The summed E-state index contributed by atoms with van der Waals surface area (Å²) in [5, 5.41) is 11.8. The molecule has 0 heterocycles. The van der Waals surface area contributed by atoms with Gasteiger partial charge in [-0.15, -0.1) is 0 Å². The largest absolute Gasteiger partial charge is 0.481 e. The molecule has 0 radical (unpaired) electrons. The average molecular weight is 286 g/mol. The van der Waals surface area contributed by atoms with Crippen LogP contribution >= 0.6 is 0 Å². The van der Waals surface area contributed by atoms with Crippen LogP contribution in [-0.4, -0.2) is 29.6 Å². The Bertz CT molecular complexity index is 318. The number of carboxylic acids is 1. The molecule has 20 heavy (non-hydrogen) atoms. The molecule has 4 atom stereocenters. The average Bonchev–Trinajstić information content (AvgIpc) is 2.39. The van der Waals surface area contributed by atoms with Crippen LogP contribution < -0.4 is 11.1 Å². The Morgan fingerprint density at radius 3 is 2.15 bits per heavy atom. The molecule has 0 aliphatic carbocycles. The molecule has 0 bridgehead atoms. The van der Waals surface area contributed by atoms with Crippen LogP contribution in [0.15, 0.2) is 0 Å². The molecule has 0 aliphatic heterocycles. The van der Waals surface area contributed by atoms with Crippen molar-refractivity contribution in [2.45, 2.75) is 53.5 Å². The van der Waals surface area contributed by atoms with Crippen molar-refractivity contribution in [2.75, 3.05) is 6.54 Å². The zero-order valence-electron chi connectivity index (χ0n) is 13.3. The van der Waals surface area contributed by atoms with Crippen LogP contribution in [0.5, 0.6) is 0 Å². The van der Waals surface area contributed by atoms with E-state index < -0.39 is 12.0 Å². The van der Waals surface area contributed by atoms with Crippen LogP contribution in [-0.2, 0) is 9.59 Å². The fraction of sp³-hybridized carbons (Fsp3) is 0.867. The fourth-order valence-corrected chi connectivity index (χ4v) is 2.07. The molecular formula is C15H30N2O3. The minimum atomic E-state index is -0.831. The Labute approximate surface area is 122 Å². The number of rotatable bonds is 9. The quantitative estimate of drug-likeness (QED) is 0.603. The summed E-state index contributed by atoms with van der Waals surface area (Å²) in [7, 11) is 0. The summed E-state index contributed by atoms with van der Waals surface area (Å²) < 4.78 is 0. The van der Waals surface area contributed by atoms with Crippen LogP contribution in [0.4, 0.5) is 0 Å². The van der Waals surface area contributed by atoms with E-state index in [2.05, 4.69) is 19.2 Å². The molecule has 3 unspecified atom stereocenters. The molecule has 4 N–H and O–H groups in total. The molecular weight excluding hydrogens is 256 g/mol. The molecule has 0 aromatic carbocycles. The van der Waals surface area contributed by atoms with Gasteiger partial charge in [0.1, 0.15) is 0 Å². The second kappa shape index (κ2) is 8.95. The topological polar surface area (TPSA) is 92.4 Å². The van der Waals surface area contributed by atoms with Gasteiger partial charge in [0.05, 0.1) is 12.5 Å². The Kier molecular flexibility index (Phi) is 8.46. The first-order valence-electron chi connectivity index (χ1n) is 7.45. The first-order valence-corrected chi connectivity index (χ1v) is 7.45. The summed E-state index contributed by atoms with van der Waals surface area (Å²) in [6.07, 6.45) is 0.910. The van der Waals surface area contributed by atoms with Crippen LogP contribution in [0, 0.1) is 23.7 Å². The molecule has 5 heteroatoms. The highest BCUT2D eigenvalue weighted by Gasteiger charge is 2.25. The highest BCUT2D eigenvalue weighted by molar-refractivity contribution is 5.81. The molecule has 0 aliphatic rings. The lowest BCUT2D eigenvalue weighted by Crippen LogP contribution is -2.46. The maximum atomic E-state index is 11.9. The summed E-state index contributed by atoms with van der Waals surface area (Å²) in [5.41, 5.74) is 5.87. The number of amides is 1. The highest BCUT2D eigenvalue weighted by atomic mass is 16.4. The number of hydrogen-bond acceptors (Lipinski definition) is 3. The Hall–Kier alpha value is -1.10. The summed E-state index contributed by atoms with van der Waals surface area (Å²) in [5.74, 6) is -0.365. The lowest BCUT2D eigenvalue weighted by Gasteiger charge is -2.27. The third-order valence-corrected chi connectivity index (χ3v) is 4.33. The molecule has 0 aromatic heterocycles. The van der Waals surface area contributed by atoms with Gasteiger partial charge in [0.15, 0.2) is 0 Å². The predicted octanol–water partition coefficient (Wildman–Crippen LogP) is 1.86. The first-order chi connectivity index (χ1) is 9.20. The summed E-state index contributed by atoms with van der Waals surface area (Å²) in [6.45, 7) is 10.5. The number of nitrogens with two attached hydrogens (primary N) is 1. The number of aliphatic carboxylic acids is 1. The maximum absolute atomic E-state index is 11.9. The van der Waals surface area contributed by atoms with E-state index in [9.17, 15) is 9.59 Å². The predicted molar refractivity (Wildman–Crippen MR) is 80.2 cm³/mol. The van der Waals surface area contributed by atoms with Crippen molar-refractivity contribution < 1.29 is 14.7 Å². The third-order valence-electron chi connectivity index (χ3n) is 4.33. The molecule has 5 nitrogen and oxygen atoms in total. The first kappa shape index (κ1) is 18.9. The number of carbonyl (C=O) groups excluding carboxylic acids is 1. The van der Waals surface area contributed by atoms with Gasteiger partial charge in [-0.05, 0) is 23.7 Å². The third kappa shape index (κ3) is 6.37. The van der Waals surface area contributed by atoms with Crippen LogP contribution in [0.3, 0.4) is 0 Å². The van der Waals surface area contributed by atoms with E-state index in [1.807, 2.05) is 20.8 Å². The highest BCUT2D eigenvalue weighted by Crippen LogP contribution is 2.23. The summed E-state index contributed by atoms with van der Waals surface area (Å²) >= 11 is 0. The molecule has 1 amide bonds. The van der Waals surface area contributed by atoms with Gasteiger partial charge in [-0.3, -0.25) is 9.59 Å². The summed E-state index contributed by atoms with van der Waals surface area (Å²) in [4.78, 5) is 22.9. The molecule has 118 valence electrons. The van der Waals surface area contributed by atoms with E-state index in [0.717, 1.165) is 6.42 Å². The minimum absolute atomic E-state index is 0.0677. The molecule has 0 fully saturated rings. The van der Waals surface area contributed by atoms with Crippen LogP contribution in [0.1, 0.15) is 47.5 Å². The number of hydrogen-bond donors (Lipinski definition) is 3. The molecule has 0 rings (SSSR count). The van der Waals surface area contributed by atoms with Crippen molar-refractivity contribution in [3.05, 3.63) is 0 Å². The van der Waals surface area contributed by atoms with Gasteiger partial charge in [-0.1, -0.05) is 41.0 Å². The van der Waals surface area contributed by atoms with E-state index >= 15 is 0 Å². The number of nitrogens with one attached hydrogen (secondary N) is 1. The fourth-order valence-electron chi connectivity index (χ4n) is 2.07. The SMILES string of the molecule is CCC(C)[C@H](N)C(=O)NCC(CC(=O)O)C(C)C(C)C. The normalized spacial score (nSPS) is 17.4. The number of carbonyl (C=O) groups is 2. The molecule has 0 aromatic rings. The van der Waals surface area contributed by atoms with E-state index in [0.29, 0.717) is 12.5 Å². The van der Waals surface area contributed by atoms with Crippen molar-refractivity contribution in [3.8, 4) is 0 Å². The van der Waals surface area contributed by atoms with Crippen LogP contribution in [0.25, 0.3) is 0 Å².